The van der Waals surface area contributed by atoms with E-state index in [0.29, 0.717) is 12.3 Å². The van der Waals surface area contributed by atoms with Gasteiger partial charge < -0.3 is 5.73 Å². The summed E-state index contributed by atoms with van der Waals surface area (Å²) >= 11 is 0.771. The van der Waals surface area contributed by atoms with Crippen LogP contribution in [0.15, 0.2) is 41.4 Å². The van der Waals surface area contributed by atoms with E-state index in [-0.39, 0.29) is 16.3 Å². The summed E-state index contributed by atoms with van der Waals surface area (Å²) in [4.78, 5) is 21.4. The average molecular weight is 347 g/mol. The summed E-state index contributed by atoms with van der Waals surface area (Å²) in [6, 6.07) is 10.3. The first-order valence-corrected chi connectivity index (χ1v) is 7.73. The molecular weight excluding hydrogens is 333 g/mol. The molecule has 8 heteroatoms. The molecule has 0 amide bonds. The number of carbonyl (C=O) groups is 1. The van der Waals surface area contributed by atoms with E-state index >= 15 is 0 Å². The van der Waals surface area contributed by atoms with Crippen molar-refractivity contribution >= 4 is 23.5 Å². The number of nitrogens with two attached hydrogens (primary N) is 1. The number of rotatable bonds is 7. The van der Waals surface area contributed by atoms with E-state index in [2.05, 4.69) is 4.98 Å². The van der Waals surface area contributed by atoms with Crippen LogP contribution in [0, 0.1) is 17.1 Å². The highest BCUT2D eigenvalue weighted by molar-refractivity contribution is 7.94. The van der Waals surface area contributed by atoms with Crippen LogP contribution in [0.2, 0.25) is 0 Å². The highest BCUT2D eigenvalue weighted by Crippen LogP contribution is 2.28. The Hall–Kier alpha value is -2.47. The van der Waals surface area contributed by atoms with Crippen LogP contribution in [0.25, 0.3) is 0 Å². The molecule has 1 unspecified atom stereocenters. The summed E-state index contributed by atoms with van der Waals surface area (Å²) in [5.74, 6) is -2.61. The zero-order chi connectivity index (χ0) is 17.5. The van der Waals surface area contributed by atoms with Crippen molar-refractivity contribution < 1.29 is 18.4 Å². The van der Waals surface area contributed by atoms with Gasteiger partial charge in [0, 0.05) is 0 Å². The van der Waals surface area contributed by atoms with E-state index in [1.54, 1.807) is 6.92 Å². The fourth-order valence-corrected chi connectivity index (χ4v) is 2.39. The molecule has 0 bridgehead atoms. The number of benzene rings is 1. The van der Waals surface area contributed by atoms with Crippen molar-refractivity contribution in [2.24, 2.45) is 0 Å². The number of nitrogen functional groups attached to an aromatic ring is 1. The van der Waals surface area contributed by atoms with Gasteiger partial charge in [-0.15, -0.1) is 0 Å². The van der Waals surface area contributed by atoms with Gasteiger partial charge in [-0.1, -0.05) is 12.1 Å². The summed E-state index contributed by atoms with van der Waals surface area (Å²) in [6.45, 7) is 2.08. The molecule has 2 N–H and O–H groups in total. The standard InChI is InChI=1S/C16H14FN3O3S/c1-2-22-23-24-16-13(19)7-8-14(20-16)11(9-18)15(21)10-5-3-4-6-12(10)17/h3-8,11H,2,19H2,1H3. The minimum atomic E-state index is -1.26. The van der Waals surface area contributed by atoms with Crippen molar-refractivity contribution in [2.45, 2.75) is 17.9 Å². The summed E-state index contributed by atoms with van der Waals surface area (Å²) in [6.07, 6.45) is 0. The molecule has 2 rings (SSSR count). The molecule has 0 fully saturated rings. The highest BCUT2D eigenvalue weighted by Gasteiger charge is 2.26. The third-order valence-electron chi connectivity index (χ3n) is 3.02. The number of carbonyl (C=O) groups excluding carboxylic acids is 1. The van der Waals surface area contributed by atoms with Crippen LogP contribution in [0.3, 0.4) is 0 Å². The highest BCUT2D eigenvalue weighted by atomic mass is 32.2. The van der Waals surface area contributed by atoms with Crippen LogP contribution in [-0.2, 0) is 9.22 Å². The fraction of sp³-hybridized carbons (Fsp3) is 0.188. The number of ketones is 1. The van der Waals surface area contributed by atoms with Crippen molar-refractivity contribution in [2.75, 3.05) is 12.3 Å². The molecule has 0 saturated carbocycles. The molecule has 124 valence electrons. The lowest BCUT2D eigenvalue weighted by Gasteiger charge is -2.11. The van der Waals surface area contributed by atoms with Gasteiger partial charge in [0.1, 0.15) is 10.8 Å². The molecule has 24 heavy (non-hydrogen) atoms. The molecule has 0 aliphatic rings. The molecule has 0 aliphatic carbocycles. The Morgan fingerprint density at radius 1 is 1.42 bits per heavy atom. The van der Waals surface area contributed by atoms with Crippen LogP contribution >= 0.6 is 12.0 Å². The number of hydrogen-bond donors (Lipinski definition) is 1. The summed E-state index contributed by atoms with van der Waals surface area (Å²) in [5.41, 5.74) is 6.07. The minimum Gasteiger partial charge on any atom is -0.396 e. The van der Waals surface area contributed by atoms with E-state index in [0.717, 1.165) is 18.1 Å². The van der Waals surface area contributed by atoms with E-state index in [1.165, 1.54) is 30.3 Å². The van der Waals surface area contributed by atoms with Crippen LogP contribution in [0.5, 0.6) is 0 Å². The molecule has 1 aromatic heterocycles. The van der Waals surface area contributed by atoms with Gasteiger partial charge >= 0.3 is 0 Å². The van der Waals surface area contributed by atoms with Gasteiger partial charge in [0.15, 0.2) is 11.7 Å². The quantitative estimate of drug-likeness (QED) is 0.270. The number of pyridine rings is 1. The third-order valence-corrected chi connectivity index (χ3v) is 3.67. The Balaban J connectivity index is 2.31. The average Bonchev–Trinajstić information content (AvgIpc) is 2.58. The SMILES string of the molecule is CCOOSc1nc(C(C#N)C(=O)c2ccccc2F)ccc1N. The van der Waals surface area contributed by atoms with Crippen molar-refractivity contribution in [1.29, 1.82) is 5.26 Å². The van der Waals surface area contributed by atoms with Gasteiger partial charge in [0.05, 0.1) is 41.7 Å². The van der Waals surface area contributed by atoms with E-state index in [1.807, 2.05) is 6.07 Å². The zero-order valence-electron chi connectivity index (χ0n) is 12.7. The van der Waals surface area contributed by atoms with Gasteiger partial charge in [0.25, 0.3) is 0 Å². The summed E-state index contributed by atoms with van der Waals surface area (Å²) < 4.78 is 18.6. The fourth-order valence-electron chi connectivity index (χ4n) is 1.87. The molecule has 0 aliphatic heterocycles. The summed E-state index contributed by atoms with van der Waals surface area (Å²) in [7, 11) is 0. The van der Waals surface area contributed by atoms with Crippen LogP contribution in [0.4, 0.5) is 10.1 Å². The number of nitriles is 1. The van der Waals surface area contributed by atoms with Crippen molar-refractivity contribution in [3.8, 4) is 6.07 Å². The second-order valence-electron chi connectivity index (χ2n) is 4.59. The molecular formula is C16H14FN3O3S. The van der Waals surface area contributed by atoms with Crippen molar-refractivity contribution in [3.63, 3.8) is 0 Å². The van der Waals surface area contributed by atoms with Gasteiger partial charge in [-0.05, 0) is 31.2 Å². The summed E-state index contributed by atoms with van der Waals surface area (Å²) in [5, 5.41) is 9.60. The Morgan fingerprint density at radius 2 is 2.17 bits per heavy atom. The zero-order valence-corrected chi connectivity index (χ0v) is 13.5. The molecule has 1 aromatic carbocycles. The smallest absolute Gasteiger partial charge is 0.189 e. The maximum absolute atomic E-state index is 13.8. The topological polar surface area (TPSA) is 98.2 Å². The molecule has 0 saturated heterocycles. The van der Waals surface area contributed by atoms with Gasteiger partial charge in [-0.3, -0.25) is 4.79 Å². The minimum absolute atomic E-state index is 0.155. The van der Waals surface area contributed by atoms with Gasteiger partial charge in [-0.25, -0.2) is 14.3 Å². The van der Waals surface area contributed by atoms with E-state index in [4.69, 9.17) is 15.0 Å². The predicted octanol–water partition coefficient (Wildman–Crippen LogP) is 3.27. The van der Waals surface area contributed by atoms with Crippen molar-refractivity contribution in [3.05, 3.63) is 53.5 Å². The van der Waals surface area contributed by atoms with Gasteiger partial charge in [-0.2, -0.15) is 9.60 Å². The monoisotopic (exact) mass is 347 g/mol. The van der Waals surface area contributed by atoms with Crippen LogP contribution < -0.4 is 5.73 Å². The molecule has 6 nitrogen and oxygen atoms in total. The molecule has 1 atom stereocenters. The lowest BCUT2D eigenvalue weighted by atomic mass is 9.95. The van der Waals surface area contributed by atoms with E-state index in [9.17, 15) is 14.4 Å². The number of anilines is 1. The molecule has 2 aromatic rings. The number of nitrogens with zero attached hydrogens (tertiary/aromatic N) is 2. The van der Waals surface area contributed by atoms with E-state index < -0.39 is 17.5 Å². The lowest BCUT2D eigenvalue weighted by molar-refractivity contribution is -0.185. The van der Waals surface area contributed by atoms with Crippen molar-refractivity contribution in [1.82, 2.24) is 4.98 Å². The Kier molecular flexibility index (Phi) is 6.26. The number of hydrogen-bond acceptors (Lipinski definition) is 7. The Bertz CT molecular complexity index is 779. The Labute approximate surface area is 142 Å². The third kappa shape index (κ3) is 4.08. The largest absolute Gasteiger partial charge is 0.396 e. The first-order valence-electron chi connectivity index (χ1n) is 6.99. The number of Topliss-reactive ketones (excluding diaryl/α,β-unsaturated/α-hetero) is 1. The molecule has 0 spiro atoms. The second kappa shape index (κ2) is 8.40. The van der Waals surface area contributed by atoms with Crippen LogP contribution in [-0.4, -0.2) is 17.4 Å². The second-order valence-corrected chi connectivity index (χ2v) is 5.28. The molecule has 1 heterocycles. The normalized spacial score (nSPS) is 11.7. The maximum Gasteiger partial charge on any atom is 0.189 e. The first kappa shape index (κ1) is 17.9. The predicted molar refractivity (Wildman–Crippen MR) is 86.3 cm³/mol. The number of halogens is 1. The number of aromatic nitrogens is 1. The molecule has 0 radical (unpaired) electrons. The van der Waals surface area contributed by atoms with Gasteiger partial charge in [0.2, 0.25) is 0 Å². The lowest BCUT2D eigenvalue weighted by Crippen LogP contribution is -2.15. The first-order chi connectivity index (χ1) is 11.6. The maximum atomic E-state index is 13.8. The van der Waals surface area contributed by atoms with Crippen LogP contribution in [0.1, 0.15) is 28.9 Å². The Morgan fingerprint density at radius 3 is 2.83 bits per heavy atom.